The number of aryl methyl sites for hydroxylation is 1. The number of sulfonamides is 1. The van der Waals surface area contributed by atoms with Crippen LogP contribution in [0.3, 0.4) is 0 Å². The van der Waals surface area contributed by atoms with Gasteiger partial charge >= 0.3 is 0 Å². The second kappa shape index (κ2) is 9.70. The zero-order chi connectivity index (χ0) is 21.7. The first-order valence-electron chi connectivity index (χ1n) is 10.8. The molecule has 1 aliphatic heterocycles. The first-order valence-corrected chi connectivity index (χ1v) is 12.3. The van der Waals surface area contributed by atoms with Crippen molar-refractivity contribution in [1.29, 1.82) is 0 Å². The average molecular weight is 445 g/mol. The van der Waals surface area contributed by atoms with Crippen LogP contribution in [0.1, 0.15) is 44.1 Å². The molecule has 2 aliphatic rings. The summed E-state index contributed by atoms with van der Waals surface area (Å²) in [7, 11) is -3.51. The van der Waals surface area contributed by atoms with Crippen molar-refractivity contribution in [3.05, 3.63) is 48.0 Å². The Hall–Kier alpha value is -2.58. The van der Waals surface area contributed by atoms with Gasteiger partial charge in [0.25, 0.3) is 0 Å². The number of hydrogen-bond acceptors (Lipinski definition) is 5. The first-order chi connectivity index (χ1) is 15.0. The molecule has 1 amide bonds. The van der Waals surface area contributed by atoms with Crippen molar-refractivity contribution in [1.82, 2.24) is 4.72 Å². The highest BCUT2D eigenvalue weighted by molar-refractivity contribution is 7.89. The van der Waals surface area contributed by atoms with Crippen LogP contribution in [-0.2, 0) is 21.2 Å². The van der Waals surface area contributed by atoms with Crippen LogP contribution in [-0.4, -0.2) is 33.6 Å². The number of rotatable bonds is 7. The minimum Gasteiger partial charge on any atom is -0.486 e. The monoisotopic (exact) mass is 444 g/mol. The molecule has 8 heteroatoms. The van der Waals surface area contributed by atoms with E-state index in [0.717, 1.165) is 31.2 Å². The van der Waals surface area contributed by atoms with Crippen LogP contribution < -0.4 is 19.5 Å². The number of nitrogens with one attached hydrogen (secondary N) is 2. The summed E-state index contributed by atoms with van der Waals surface area (Å²) in [5.74, 6) is 1.19. The van der Waals surface area contributed by atoms with Gasteiger partial charge in [-0.25, -0.2) is 13.1 Å². The molecule has 1 saturated carbocycles. The van der Waals surface area contributed by atoms with Crippen LogP contribution in [0.5, 0.6) is 11.5 Å². The van der Waals surface area contributed by atoms with Gasteiger partial charge in [-0.1, -0.05) is 31.4 Å². The normalized spacial score (nSPS) is 16.6. The van der Waals surface area contributed by atoms with E-state index in [4.69, 9.17) is 9.47 Å². The molecule has 4 rings (SSSR count). The van der Waals surface area contributed by atoms with Crippen molar-refractivity contribution >= 4 is 21.6 Å². The SMILES string of the molecule is O=C(CCc1ccc(S(=O)(=O)NC2CCCCC2)cc1)Nc1ccc2c(c1)OCCO2. The third kappa shape index (κ3) is 5.77. The van der Waals surface area contributed by atoms with E-state index >= 15 is 0 Å². The van der Waals surface area contributed by atoms with Crippen LogP contribution in [0, 0.1) is 0 Å². The lowest BCUT2D eigenvalue weighted by molar-refractivity contribution is -0.116. The van der Waals surface area contributed by atoms with Gasteiger partial charge < -0.3 is 14.8 Å². The van der Waals surface area contributed by atoms with Crippen molar-refractivity contribution in [3.8, 4) is 11.5 Å². The standard InChI is InChI=1S/C23H28N2O5S/c26-23(24-19-9-12-21-22(16-19)30-15-14-29-21)13-8-17-6-10-20(11-7-17)31(27,28)25-18-4-2-1-3-5-18/h6-7,9-12,16,18,25H,1-5,8,13-15H2,(H,24,26). The largest absolute Gasteiger partial charge is 0.486 e. The lowest BCUT2D eigenvalue weighted by Gasteiger charge is -2.22. The predicted molar refractivity (Wildman–Crippen MR) is 118 cm³/mol. The fourth-order valence-electron chi connectivity index (χ4n) is 3.95. The topological polar surface area (TPSA) is 93.7 Å². The van der Waals surface area contributed by atoms with E-state index in [1.165, 1.54) is 6.42 Å². The van der Waals surface area contributed by atoms with Crippen LogP contribution in [0.15, 0.2) is 47.4 Å². The summed E-state index contributed by atoms with van der Waals surface area (Å²) in [6.07, 6.45) is 5.93. The second-order valence-corrected chi connectivity index (χ2v) is 9.72. The minimum absolute atomic E-state index is 0.0303. The van der Waals surface area contributed by atoms with Crippen LogP contribution in [0.2, 0.25) is 0 Å². The molecule has 0 saturated heterocycles. The molecule has 7 nitrogen and oxygen atoms in total. The Bertz CT molecular complexity index is 1010. The summed E-state index contributed by atoms with van der Waals surface area (Å²) >= 11 is 0. The zero-order valence-electron chi connectivity index (χ0n) is 17.4. The number of carbonyl (C=O) groups is 1. The van der Waals surface area contributed by atoms with Gasteiger partial charge in [-0.2, -0.15) is 0 Å². The Morgan fingerprint density at radius 2 is 1.65 bits per heavy atom. The molecule has 1 fully saturated rings. The maximum Gasteiger partial charge on any atom is 0.240 e. The molecular formula is C23H28N2O5S. The molecule has 1 aliphatic carbocycles. The van der Waals surface area contributed by atoms with Crippen molar-refractivity contribution in [2.24, 2.45) is 0 Å². The Balaban J connectivity index is 1.29. The average Bonchev–Trinajstić information content (AvgIpc) is 2.78. The molecule has 0 radical (unpaired) electrons. The number of amides is 1. The molecule has 31 heavy (non-hydrogen) atoms. The summed E-state index contributed by atoms with van der Waals surface area (Å²) in [4.78, 5) is 12.6. The van der Waals surface area contributed by atoms with E-state index in [2.05, 4.69) is 10.0 Å². The zero-order valence-corrected chi connectivity index (χ0v) is 18.2. The minimum atomic E-state index is -3.51. The molecule has 0 unspecified atom stereocenters. The van der Waals surface area contributed by atoms with E-state index in [-0.39, 0.29) is 16.8 Å². The molecule has 0 bridgehead atoms. The highest BCUT2D eigenvalue weighted by atomic mass is 32.2. The van der Waals surface area contributed by atoms with Crippen LogP contribution in [0.4, 0.5) is 5.69 Å². The van der Waals surface area contributed by atoms with E-state index in [0.29, 0.717) is 43.2 Å². The van der Waals surface area contributed by atoms with Crippen molar-refractivity contribution < 1.29 is 22.7 Å². The maximum absolute atomic E-state index is 12.6. The van der Waals surface area contributed by atoms with Gasteiger partial charge in [0.15, 0.2) is 11.5 Å². The molecule has 2 aromatic carbocycles. The lowest BCUT2D eigenvalue weighted by atomic mass is 9.96. The molecule has 2 aromatic rings. The molecule has 1 heterocycles. The first kappa shape index (κ1) is 21.6. The van der Waals surface area contributed by atoms with Gasteiger partial charge in [0.1, 0.15) is 13.2 Å². The fraction of sp³-hybridized carbons (Fsp3) is 0.435. The third-order valence-corrected chi connectivity index (χ3v) is 7.16. The molecular weight excluding hydrogens is 416 g/mol. The van der Waals surface area contributed by atoms with Gasteiger partial charge in [0.05, 0.1) is 4.90 Å². The Labute approximate surface area is 183 Å². The molecule has 166 valence electrons. The quantitative estimate of drug-likeness (QED) is 0.680. The Kier molecular flexibility index (Phi) is 6.77. The smallest absolute Gasteiger partial charge is 0.240 e. The summed E-state index contributed by atoms with van der Waals surface area (Å²) in [6, 6.07) is 12.1. The highest BCUT2D eigenvalue weighted by Gasteiger charge is 2.21. The maximum atomic E-state index is 12.6. The van der Waals surface area contributed by atoms with Crippen molar-refractivity contribution in [2.75, 3.05) is 18.5 Å². The molecule has 0 atom stereocenters. The van der Waals surface area contributed by atoms with E-state index < -0.39 is 10.0 Å². The third-order valence-electron chi connectivity index (χ3n) is 5.63. The number of ether oxygens (including phenoxy) is 2. The van der Waals surface area contributed by atoms with E-state index in [9.17, 15) is 13.2 Å². The number of hydrogen-bond donors (Lipinski definition) is 2. The summed E-state index contributed by atoms with van der Waals surface area (Å²) in [5.41, 5.74) is 1.57. The number of carbonyl (C=O) groups excluding carboxylic acids is 1. The van der Waals surface area contributed by atoms with Crippen molar-refractivity contribution in [3.63, 3.8) is 0 Å². The Morgan fingerprint density at radius 1 is 0.935 bits per heavy atom. The fourth-order valence-corrected chi connectivity index (χ4v) is 5.25. The van der Waals surface area contributed by atoms with Gasteiger partial charge in [-0.3, -0.25) is 4.79 Å². The van der Waals surface area contributed by atoms with Crippen molar-refractivity contribution in [2.45, 2.75) is 55.9 Å². The van der Waals surface area contributed by atoms with Crippen LogP contribution in [0.25, 0.3) is 0 Å². The van der Waals surface area contributed by atoms with Crippen LogP contribution >= 0.6 is 0 Å². The molecule has 2 N–H and O–H groups in total. The second-order valence-electron chi connectivity index (χ2n) is 8.01. The molecule has 0 aromatic heterocycles. The number of anilines is 1. The lowest BCUT2D eigenvalue weighted by Crippen LogP contribution is -2.36. The van der Waals surface area contributed by atoms with E-state index in [1.54, 1.807) is 42.5 Å². The highest BCUT2D eigenvalue weighted by Crippen LogP contribution is 2.32. The van der Waals surface area contributed by atoms with Gasteiger partial charge in [-0.05, 0) is 49.1 Å². The summed E-state index contributed by atoms with van der Waals surface area (Å²) in [5, 5.41) is 2.86. The number of benzene rings is 2. The Morgan fingerprint density at radius 3 is 2.39 bits per heavy atom. The van der Waals surface area contributed by atoms with Gasteiger partial charge in [0, 0.05) is 24.2 Å². The molecule has 0 spiro atoms. The van der Waals surface area contributed by atoms with Gasteiger partial charge in [0.2, 0.25) is 15.9 Å². The van der Waals surface area contributed by atoms with Gasteiger partial charge in [-0.15, -0.1) is 0 Å². The number of fused-ring (bicyclic) bond motifs is 1. The summed E-state index contributed by atoms with van der Waals surface area (Å²) in [6.45, 7) is 1.02. The van der Waals surface area contributed by atoms with E-state index in [1.807, 2.05) is 0 Å². The predicted octanol–water partition coefficient (Wildman–Crippen LogP) is 3.64. The summed E-state index contributed by atoms with van der Waals surface area (Å²) < 4.78 is 39.0.